The first-order chi connectivity index (χ1) is 29.7. The van der Waals surface area contributed by atoms with Crippen LogP contribution in [-0.2, 0) is 47.5 Å². The number of carbonyl (C=O) groups is 2. The van der Waals surface area contributed by atoms with E-state index in [1.807, 2.05) is 40.9 Å². The first-order valence-corrected chi connectivity index (χ1v) is 22.9. The van der Waals surface area contributed by atoms with Gasteiger partial charge in [0.05, 0.1) is 48.7 Å². The molecule has 4 unspecified atom stereocenters. The highest BCUT2D eigenvalue weighted by atomic mass is 19.1. The predicted molar refractivity (Wildman–Crippen MR) is 225 cm³/mol. The molecule has 7 rings (SSSR count). The van der Waals surface area contributed by atoms with Gasteiger partial charge in [0.15, 0.2) is 18.4 Å². The molecule has 15 heteroatoms. The van der Waals surface area contributed by atoms with E-state index in [1.54, 1.807) is 21.3 Å². The van der Waals surface area contributed by atoms with Gasteiger partial charge in [-0.2, -0.15) is 0 Å². The van der Waals surface area contributed by atoms with Crippen LogP contribution in [0.3, 0.4) is 0 Å². The summed E-state index contributed by atoms with van der Waals surface area (Å²) in [6, 6.07) is 2.72. The lowest BCUT2D eigenvalue weighted by Gasteiger charge is -2.47. The summed E-state index contributed by atoms with van der Waals surface area (Å²) in [5.41, 5.74) is 0.518. The number of likely N-dealkylation sites (N-methyl/N-ethyl adjacent to an activating group) is 1. The van der Waals surface area contributed by atoms with Crippen LogP contribution in [0.15, 0.2) is 29.8 Å². The number of methoxy groups -OCH3 is 3. The molecule has 19 atom stereocenters. The molecule has 3 saturated heterocycles. The Morgan fingerprint density at radius 3 is 2.27 bits per heavy atom. The maximum atomic E-state index is 15.5. The monoisotopic (exact) mass is 876 g/mol. The van der Waals surface area contributed by atoms with Crippen molar-refractivity contribution in [1.82, 2.24) is 4.90 Å². The van der Waals surface area contributed by atoms with Crippen LogP contribution < -0.4 is 5.32 Å². The summed E-state index contributed by atoms with van der Waals surface area (Å²) < 4.78 is 79.4. The number of ketones is 1. The van der Waals surface area contributed by atoms with Gasteiger partial charge in [0.2, 0.25) is 0 Å². The number of Topliss-reactive ketones (excluding diaryl/α,β-unsaturated/α-hetero) is 1. The highest BCUT2D eigenvalue weighted by Crippen LogP contribution is 2.57. The molecule has 62 heavy (non-hydrogen) atoms. The van der Waals surface area contributed by atoms with Gasteiger partial charge in [0.25, 0.3) is 0 Å². The fraction of sp³-hybridized carbons (Fsp3) is 0.787. The summed E-state index contributed by atoms with van der Waals surface area (Å²) in [7, 11) is 8.87. The Hall–Kier alpha value is -2.60. The zero-order chi connectivity index (χ0) is 44.6. The number of halogens is 2. The van der Waals surface area contributed by atoms with E-state index in [0.29, 0.717) is 50.5 Å². The van der Waals surface area contributed by atoms with E-state index in [0.717, 1.165) is 12.5 Å². The smallest absolute Gasteiger partial charge is 0.306 e. The highest BCUT2D eigenvalue weighted by molar-refractivity contribution is 5.99. The van der Waals surface area contributed by atoms with Crippen molar-refractivity contribution in [3.63, 3.8) is 0 Å². The number of esters is 1. The summed E-state index contributed by atoms with van der Waals surface area (Å²) in [6.07, 6.45) is 1.63. The number of anilines is 1. The van der Waals surface area contributed by atoms with Crippen molar-refractivity contribution in [3.8, 4) is 0 Å². The number of hydrogen-bond acceptors (Lipinski definition) is 13. The van der Waals surface area contributed by atoms with E-state index in [9.17, 15) is 14.3 Å². The van der Waals surface area contributed by atoms with E-state index >= 15 is 9.18 Å². The molecule has 3 heterocycles. The molecule has 1 aromatic rings. The summed E-state index contributed by atoms with van der Waals surface area (Å²) in [6.45, 7) is 7.85. The second-order valence-corrected chi connectivity index (χ2v) is 18.9. The van der Waals surface area contributed by atoms with Crippen LogP contribution in [0.1, 0.15) is 85.5 Å². The molecule has 0 bridgehead atoms. The van der Waals surface area contributed by atoms with E-state index in [4.69, 9.17) is 37.9 Å². The van der Waals surface area contributed by atoms with Gasteiger partial charge in [-0.25, -0.2) is 8.78 Å². The third-order valence-electron chi connectivity index (χ3n) is 15.1. The van der Waals surface area contributed by atoms with Crippen LogP contribution in [0.2, 0.25) is 0 Å². The second-order valence-electron chi connectivity index (χ2n) is 18.9. The molecule has 1 aromatic carbocycles. The molecule has 0 spiro atoms. The van der Waals surface area contributed by atoms with Crippen LogP contribution in [0.25, 0.3) is 0 Å². The minimum atomic E-state index is -1.05. The number of aliphatic hydroxyl groups excluding tert-OH is 1. The molecule has 0 aromatic heterocycles. The number of carbonyl (C=O) groups excluding carboxylic acids is 2. The Balaban J connectivity index is 1.22. The molecule has 348 valence electrons. The Labute approximate surface area is 365 Å². The van der Waals surface area contributed by atoms with E-state index in [1.165, 1.54) is 12.1 Å². The van der Waals surface area contributed by atoms with Gasteiger partial charge in [0, 0.05) is 45.3 Å². The van der Waals surface area contributed by atoms with Crippen LogP contribution in [0.4, 0.5) is 14.5 Å². The lowest BCUT2D eigenvalue weighted by molar-refractivity contribution is -0.314. The van der Waals surface area contributed by atoms with Crippen LogP contribution in [-0.4, -0.2) is 137 Å². The van der Waals surface area contributed by atoms with Gasteiger partial charge in [-0.15, -0.1) is 0 Å². The Kier molecular flexibility index (Phi) is 15.5. The second kappa shape index (κ2) is 20.3. The van der Waals surface area contributed by atoms with Crippen LogP contribution >= 0.6 is 0 Å². The van der Waals surface area contributed by atoms with E-state index in [-0.39, 0.29) is 72.2 Å². The molecule has 0 amide bonds. The fourth-order valence-electron chi connectivity index (χ4n) is 12.0. The van der Waals surface area contributed by atoms with Crippen molar-refractivity contribution >= 4 is 17.4 Å². The number of allylic oxidation sites excluding steroid dienone is 2. The number of ether oxygens (including phenoxy) is 8. The quantitative estimate of drug-likeness (QED) is 0.250. The van der Waals surface area contributed by atoms with Gasteiger partial charge >= 0.3 is 5.97 Å². The summed E-state index contributed by atoms with van der Waals surface area (Å²) >= 11 is 0. The van der Waals surface area contributed by atoms with Crippen molar-refractivity contribution in [3.05, 3.63) is 41.5 Å². The number of benzene rings is 1. The van der Waals surface area contributed by atoms with E-state index in [2.05, 4.69) is 17.1 Å². The lowest BCUT2D eigenvalue weighted by atomic mass is 9.62. The largest absolute Gasteiger partial charge is 0.462 e. The molecule has 2 N–H and O–H groups in total. The van der Waals surface area contributed by atoms with Gasteiger partial charge in [-0.3, -0.25) is 9.59 Å². The van der Waals surface area contributed by atoms with Crippen molar-refractivity contribution in [2.24, 2.45) is 35.5 Å². The summed E-state index contributed by atoms with van der Waals surface area (Å²) in [5.74, 6) is -4.69. The predicted octanol–water partition coefficient (Wildman–Crippen LogP) is 6.05. The van der Waals surface area contributed by atoms with Crippen molar-refractivity contribution < 1.29 is 61.4 Å². The number of nitrogens with zero attached hydrogens (tertiary/aromatic N) is 1. The van der Waals surface area contributed by atoms with Crippen LogP contribution in [0, 0.1) is 47.1 Å². The number of aliphatic hydroxyl groups is 1. The molecule has 3 aliphatic carbocycles. The van der Waals surface area contributed by atoms with Gasteiger partial charge < -0.3 is 53.2 Å². The average molecular weight is 877 g/mol. The Morgan fingerprint density at radius 1 is 0.887 bits per heavy atom. The first kappa shape index (κ1) is 47.4. The highest BCUT2D eigenvalue weighted by Gasteiger charge is 2.60. The number of fused-ring (bicyclic) bond motifs is 5. The van der Waals surface area contributed by atoms with Gasteiger partial charge in [0.1, 0.15) is 36.1 Å². The first-order valence-electron chi connectivity index (χ1n) is 22.9. The standard InChI is InChI=1S/C47H70F2N2O11/c1-10-27-12-11-13-37(62-39-17-16-36(51(5)6)24(3)58-39)23(2)42(53)33-21-30-29-19-28(61-47-46(57-9)45(56-8)44(55-7)25(4)59-47)20-32(29)43(54)41(40(30)31(33)22-38(52)60-27)50-35-15-14-26(48)18-34(35)49/h14-15,18,21,23-25,27-32,36-37,39-41,43-47,50,54H,10-13,16-17,19-20,22H2,1-9H3/t23-,24?,25?,27+,28+,29+,30+,31-,32-,36+,37+,39+,40-,41-,43-,44+,45?,46?,47+/m1/s1. The molecule has 0 radical (unpaired) electrons. The number of hydrogen-bond donors (Lipinski definition) is 2. The van der Waals surface area contributed by atoms with E-state index < -0.39 is 78.4 Å². The topological polar surface area (TPSA) is 143 Å². The normalized spacial score (nSPS) is 42.9. The van der Waals surface area contributed by atoms with Crippen molar-refractivity contribution in [2.45, 2.75) is 165 Å². The SMILES string of the molecule is CC[C@H]1CCC[C@H](O[C@H]2CC[C@H](N(C)C)C(C)O2)[C@@H](C)C(=O)C2=C[C@H]3[C@@H]4C[C@H](O[C@@H]5OC(C)[C@H](OC)C(OC)C5OC)C[C@H]4[C@@H](O)[C@H](Nc4ccc(F)cc4F)[C@H]3[C@@H]2CC(=O)O1. The molecule has 13 nitrogen and oxygen atoms in total. The number of cyclic esters (lactones) is 1. The average Bonchev–Trinajstić information content (AvgIpc) is 3.82. The molecule has 5 fully saturated rings. The number of rotatable bonds is 11. The molecule has 2 saturated carbocycles. The zero-order valence-electron chi connectivity index (χ0n) is 37.9. The molecule has 3 aliphatic heterocycles. The molecular weight excluding hydrogens is 807 g/mol. The third-order valence-corrected chi connectivity index (χ3v) is 15.1. The number of nitrogens with one attached hydrogen (secondary N) is 1. The lowest BCUT2D eigenvalue weighted by Crippen LogP contribution is -2.59. The molecular formula is C47H70F2N2O11. The van der Waals surface area contributed by atoms with Crippen molar-refractivity contribution in [2.75, 3.05) is 40.7 Å². The maximum Gasteiger partial charge on any atom is 0.306 e. The summed E-state index contributed by atoms with van der Waals surface area (Å²) in [5, 5.41) is 15.8. The maximum absolute atomic E-state index is 15.5. The van der Waals surface area contributed by atoms with Crippen molar-refractivity contribution in [1.29, 1.82) is 0 Å². The Morgan fingerprint density at radius 2 is 1.61 bits per heavy atom. The minimum Gasteiger partial charge on any atom is -0.462 e. The third kappa shape index (κ3) is 9.67. The summed E-state index contributed by atoms with van der Waals surface area (Å²) in [4.78, 5) is 31.3. The van der Waals surface area contributed by atoms with Gasteiger partial charge in [-0.05, 0) is 121 Å². The minimum absolute atomic E-state index is 0.0193. The Bertz CT molecular complexity index is 1740. The van der Waals surface area contributed by atoms with Crippen LogP contribution in [0.5, 0.6) is 0 Å². The fourth-order valence-corrected chi connectivity index (χ4v) is 12.0. The zero-order valence-corrected chi connectivity index (χ0v) is 37.9. The molecule has 6 aliphatic rings. The van der Waals surface area contributed by atoms with Gasteiger partial charge in [-0.1, -0.05) is 19.9 Å².